The van der Waals surface area contributed by atoms with Gasteiger partial charge < -0.3 is 35.1 Å². The number of allylic oxidation sites excluding steroid dienone is 4. The molecule has 0 saturated carbocycles. The lowest BCUT2D eigenvalue weighted by Crippen LogP contribution is -2.37. The maximum absolute atomic E-state index is 13.3. The lowest BCUT2D eigenvalue weighted by atomic mass is 9.85. The minimum absolute atomic E-state index is 0.0801. The van der Waals surface area contributed by atoms with Gasteiger partial charge in [-0.3, -0.25) is 14.4 Å². The summed E-state index contributed by atoms with van der Waals surface area (Å²) in [7, 11) is 4.21. The van der Waals surface area contributed by atoms with Gasteiger partial charge in [-0.2, -0.15) is 0 Å². The molecule has 0 aromatic carbocycles. The van der Waals surface area contributed by atoms with Crippen LogP contribution in [0.4, 0.5) is 4.79 Å². The van der Waals surface area contributed by atoms with Crippen LogP contribution in [0.3, 0.4) is 0 Å². The number of aliphatic hydroxyl groups is 1. The molecule has 1 aliphatic heterocycles. The molecule has 11 heteroatoms. The summed E-state index contributed by atoms with van der Waals surface area (Å²) in [5.74, 6) is -2.39. The number of ketones is 2. The number of fused-ring (bicyclic) bond motifs is 2. The summed E-state index contributed by atoms with van der Waals surface area (Å²) in [4.78, 5) is 50.6. The van der Waals surface area contributed by atoms with Gasteiger partial charge in [-0.25, -0.2) is 4.79 Å². The molecule has 0 radical (unpaired) electrons. The van der Waals surface area contributed by atoms with Crippen molar-refractivity contribution in [3.8, 4) is 0 Å². The smallest absolute Gasteiger partial charge is 0.405 e. The van der Waals surface area contributed by atoms with Crippen molar-refractivity contribution in [2.45, 2.75) is 65.0 Å². The number of Topliss-reactive ketones (excluding diaryl/α,β-unsaturated/α-hetero) is 1. The van der Waals surface area contributed by atoms with Gasteiger partial charge in [-0.05, 0) is 38.2 Å². The van der Waals surface area contributed by atoms with E-state index >= 15 is 0 Å². The first-order chi connectivity index (χ1) is 18.8. The Morgan fingerprint density at radius 1 is 1.10 bits per heavy atom. The van der Waals surface area contributed by atoms with Gasteiger partial charge in [-0.1, -0.05) is 38.2 Å². The summed E-state index contributed by atoms with van der Waals surface area (Å²) in [6.07, 6.45) is 3.61. The molecule has 0 unspecified atom stereocenters. The number of hydrogen-bond donors (Lipinski definition) is 3. The third-order valence-electron chi connectivity index (χ3n) is 6.95. The number of amides is 2. The normalized spacial score (nSPS) is 32.7. The molecular formula is C29H40N2O9. The van der Waals surface area contributed by atoms with Crippen molar-refractivity contribution in [2.75, 3.05) is 21.3 Å². The summed E-state index contributed by atoms with van der Waals surface area (Å²) in [6.45, 7) is 6.92. The third-order valence-corrected chi connectivity index (χ3v) is 6.95. The second kappa shape index (κ2) is 14.7. The van der Waals surface area contributed by atoms with Crippen LogP contribution in [0.2, 0.25) is 0 Å². The predicted molar refractivity (Wildman–Crippen MR) is 147 cm³/mol. The Hall–Kier alpha value is -3.54. The quantitative estimate of drug-likeness (QED) is 0.346. The number of methoxy groups -OCH3 is 3. The molecule has 0 fully saturated rings. The summed E-state index contributed by atoms with van der Waals surface area (Å²) < 4.78 is 21.7. The van der Waals surface area contributed by atoms with Gasteiger partial charge in [0.05, 0.1) is 25.0 Å². The van der Waals surface area contributed by atoms with E-state index in [4.69, 9.17) is 24.7 Å². The van der Waals surface area contributed by atoms with Gasteiger partial charge >= 0.3 is 6.09 Å². The van der Waals surface area contributed by atoms with Crippen LogP contribution < -0.4 is 11.1 Å². The highest BCUT2D eigenvalue weighted by atomic mass is 16.6. The highest BCUT2D eigenvalue weighted by molar-refractivity contribution is 6.23. The molecule has 4 N–H and O–H groups in total. The van der Waals surface area contributed by atoms with Crippen molar-refractivity contribution in [3.63, 3.8) is 0 Å². The molecule has 6 atom stereocenters. The Morgan fingerprint density at radius 2 is 1.77 bits per heavy atom. The molecule has 220 valence electrons. The lowest BCUT2D eigenvalue weighted by molar-refractivity contribution is -0.120. The van der Waals surface area contributed by atoms with Crippen molar-refractivity contribution in [1.29, 1.82) is 0 Å². The van der Waals surface area contributed by atoms with E-state index in [2.05, 4.69) is 5.32 Å². The van der Waals surface area contributed by atoms with Crippen LogP contribution in [0.25, 0.3) is 0 Å². The largest absolute Gasteiger partial charge is 0.492 e. The molecule has 11 nitrogen and oxygen atoms in total. The van der Waals surface area contributed by atoms with Gasteiger partial charge in [0.1, 0.15) is 6.10 Å². The van der Waals surface area contributed by atoms with Crippen molar-refractivity contribution in [1.82, 2.24) is 5.32 Å². The molecule has 0 aromatic rings. The van der Waals surface area contributed by atoms with Crippen LogP contribution in [0.5, 0.6) is 0 Å². The monoisotopic (exact) mass is 560 g/mol. The first kappa shape index (κ1) is 32.7. The fourth-order valence-corrected chi connectivity index (χ4v) is 4.78. The van der Waals surface area contributed by atoms with Crippen molar-refractivity contribution in [2.24, 2.45) is 17.6 Å². The fourth-order valence-electron chi connectivity index (χ4n) is 4.78. The van der Waals surface area contributed by atoms with E-state index in [-0.39, 0.29) is 34.9 Å². The zero-order chi connectivity index (χ0) is 30.1. The number of ether oxygens (including phenoxy) is 4. The maximum atomic E-state index is 13.3. The maximum Gasteiger partial charge on any atom is 0.405 e. The molecule has 0 spiro atoms. The Labute approximate surface area is 234 Å². The van der Waals surface area contributed by atoms with E-state index in [9.17, 15) is 24.3 Å². The topological polar surface area (TPSA) is 163 Å². The van der Waals surface area contributed by atoms with E-state index in [1.165, 1.54) is 34.3 Å². The molecule has 0 saturated heterocycles. The van der Waals surface area contributed by atoms with Crippen LogP contribution in [-0.4, -0.2) is 74.4 Å². The van der Waals surface area contributed by atoms with Crippen molar-refractivity contribution in [3.05, 3.63) is 58.6 Å². The number of carbonyl (C=O) groups is 4. The molecule has 2 amide bonds. The fraction of sp³-hybridized carbons (Fsp3) is 0.517. The highest BCUT2D eigenvalue weighted by Crippen LogP contribution is 2.29. The SMILES string of the molecule is COC1=C2C[C@H](C)C[C@H](OC)[C@@H](O)[C@@H](C)/C=C(/C)[C@H](OC(N)=O)[C@H](OC)/C=C\C=C(\C)C(=O)NC(=CC1=O)C2=O. The lowest BCUT2D eigenvalue weighted by Gasteiger charge is -2.29. The van der Waals surface area contributed by atoms with E-state index < -0.39 is 53.9 Å². The standard InChI is InChI=1S/C29H40N2O9/c1-15-11-19-25(34)20(14-21(32)27(19)39-7)31-28(35)16(2)9-8-10-22(37-5)26(40-29(30)36)18(4)13-17(3)24(33)23(12-15)38-6/h8-10,13-15,17,22-24,26,33H,11-12H2,1-7H3,(H2,30,36)(H,31,35)/b10-8-,16-9-,18-13-/t15-,17-,22+,23-,24-,26-/m0/s1. The summed E-state index contributed by atoms with van der Waals surface area (Å²) in [5.41, 5.74) is 6.12. The van der Waals surface area contributed by atoms with E-state index in [0.29, 0.717) is 12.0 Å². The van der Waals surface area contributed by atoms with Gasteiger partial charge in [0, 0.05) is 37.4 Å². The Balaban J connectivity index is 2.60. The van der Waals surface area contributed by atoms with E-state index in [0.717, 1.165) is 6.08 Å². The first-order valence-electron chi connectivity index (χ1n) is 13.0. The molecule has 40 heavy (non-hydrogen) atoms. The number of primary amides is 1. The van der Waals surface area contributed by atoms with Gasteiger partial charge in [-0.15, -0.1) is 0 Å². The Bertz CT molecular complexity index is 1150. The molecule has 2 aliphatic rings. The second-order valence-corrected chi connectivity index (χ2v) is 10.1. The molecular weight excluding hydrogens is 520 g/mol. The first-order valence-corrected chi connectivity index (χ1v) is 13.0. The zero-order valence-corrected chi connectivity index (χ0v) is 24.1. The summed E-state index contributed by atoms with van der Waals surface area (Å²) in [6, 6.07) is 0. The average Bonchev–Trinajstić information content (AvgIpc) is 2.90. The summed E-state index contributed by atoms with van der Waals surface area (Å²) in [5, 5.41) is 13.7. The van der Waals surface area contributed by atoms with Gasteiger partial charge in [0.2, 0.25) is 11.6 Å². The van der Waals surface area contributed by atoms with Gasteiger partial charge in [0.15, 0.2) is 11.9 Å². The number of carbonyl (C=O) groups excluding carboxylic acids is 4. The van der Waals surface area contributed by atoms with Crippen LogP contribution in [0.15, 0.2) is 58.6 Å². The predicted octanol–water partition coefficient (Wildman–Crippen LogP) is 2.41. The number of nitrogens with two attached hydrogens (primary N) is 1. The zero-order valence-electron chi connectivity index (χ0n) is 24.1. The molecule has 1 aliphatic carbocycles. The average molecular weight is 561 g/mol. The number of aliphatic hydroxyl groups excluding tert-OH is 1. The van der Waals surface area contributed by atoms with Crippen LogP contribution in [-0.2, 0) is 33.3 Å². The van der Waals surface area contributed by atoms with Crippen LogP contribution in [0, 0.1) is 11.8 Å². The van der Waals surface area contributed by atoms with Crippen LogP contribution >= 0.6 is 0 Å². The number of hydrogen-bond acceptors (Lipinski definition) is 9. The number of nitrogens with one attached hydrogen (secondary N) is 1. The minimum Gasteiger partial charge on any atom is -0.492 e. The molecule has 1 heterocycles. The highest BCUT2D eigenvalue weighted by Gasteiger charge is 2.34. The van der Waals surface area contributed by atoms with Gasteiger partial charge in [0.25, 0.3) is 5.91 Å². The second-order valence-electron chi connectivity index (χ2n) is 10.1. The third kappa shape index (κ3) is 8.23. The minimum atomic E-state index is -1.00. The van der Waals surface area contributed by atoms with E-state index in [1.54, 1.807) is 32.1 Å². The van der Waals surface area contributed by atoms with Crippen molar-refractivity contribution >= 4 is 23.6 Å². The molecule has 2 bridgehead atoms. The Morgan fingerprint density at radius 3 is 2.35 bits per heavy atom. The molecule has 0 aromatic heterocycles. The number of rotatable bonds is 4. The Kier molecular flexibility index (Phi) is 12.0. The molecule has 2 rings (SSSR count). The summed E-state index contributed by atoms with van der Waals surface area (Å²) >= 11 is 0. The van der Waals surface area contributed by atoms with E-state index in [1.807, 2.05) is 6.92 Å². The van der Waals surface area contributed by atoms with Crippen molar-refractivity contribution < 1.29 is 43.2 Å². The van der Waals surface area contributed by atoms with Crippen LogP contribution in [0.1, 0.15) is 40.5 Å².